The molecule has 0 spiro atoms. The van der Waals surface area contributed by atoms with Gasteiger partial charge in [0.05, 0.1) is 19.8 Å². The molecular formula is C30H31NO8. The Bertz CT molecular complexity index is 1490. The van der Waals surface area contributed by atoms with Gasteiger partial charge in [-0.3, -0.25) is 14.5 Å². The molecule has 2 aliphatic rings. The van der Waals surface area contributed by atoms with Gasteiger partial charge < -0.3 is 14.6 Å². The maximum Gasteiger partial charge on any atom is 0.373 e. The molecule has 2 aromatic carbocycles. The van der Waals surface area contributed by atoms with Crippen LogP contribution in [0.25, 0.3) is 33.4 Å². The van der Waals surface area contributed by atoms with Crippen LogP contribution in [0.2, 0.25) is 0 Å². The number of carbonyl (C=O) groups excluding carboxylic acids is 2. The van der Waals surface area contributed by atoms with E-state index in [9.17, 15) is 14.4 Å². The Balaban J connectivity index is 1.85. The summed E-state index contributed by atoms with van der Waals surface area (Å²) in [4.78, 5) is 57.6. The summed E-state index contributed by atoms with van der Waals surface area (Å²) >= 11 is 0. The highest BCUT2D eigenvalue weighted by Crippen LogP contribution is 2.42. The van der Waals surface area contributed by atoms with E-state index in [0.29, 0.717) is 51.3 Å². The van der Waals surface area contributed by atoms with E-state index < -0.39 is 5.97 Å². The quantitative estimate of drug-likeness (QED) is 0.103. The van der Waals surface area contributed by atoms with Crippen LogP contribution in [-0.2, 0) is 14.7 Å². The average molecular weight is 534 g/mol. The van der Waals surface area contributed by atoms with Gasteiger partial charge in [-0.1, -0.05) is 32.6 Å². The Morgan fingerprint density at radius 1 is 0.872 bits per heavy atom. The molecule has 4 rings (SSSR count). The lowest BCUT2D eigenvalue weighted by Gasteiger charge is -2.18. The zero-order chi connectivity index (χ0) is 27.8. The number of benzene rings is 3. The summed E-state index contributed by atoms with van der Waals surface area (Å²) in [7, 11) is 2.62. The maximum atomic E-state index is 13.1. The Hall–Kier alpha value is -4.21. The van der Waals surface area contributed by atoms with Crippen LogP contribution in [0.5, 0.6) is 5.75 Å². The second kappa shape index (κ2) is 13.0. The number of rotatable bonds is 12. The van der Waals surface area contributed by atoms with Gasteiger partial charge in [0.1, 0.15) is 11.3 Å². The largest absolute Gasteiger partial charge is 0.456 e. The van der Waals surface area contributed by atoms with Crippen molar-refractivity contribution < 1.29 is 33.6 Å². The summed E-state index contributed by atoms with van der Waals surface area (Å²) in [5.74, 6) is -0.321. The molecule has 2 aromatic rings. The number of unbranched alkanes of at least 4 members (excludes halogenated alkanes) is 4. The van der Waals surface area contributed by atoms with E-state index in [1.54, 1.807) is 36.4 Å². The second-order valence-electron chi connectivity index (χ2n) is 9.01. The molecule has 1 aliphatic carbocycles. The zero-order valence-electron chi connectivity index (χ0n) is 22.2. The average Bonchev–Trinajstić information content (AvgIpc) is 2.93. The first-order valence-electron chi connectivity index (χ1n) is 12.9. The lowest BCUT2D eigenvalue weighted by atomic mass is 9.89. The molecule has 1 amide bonds. The molecular weight excluding hydrogens is 502 g/mol. The van der Waals surface area contributed by atoms with Crippen molar-refractivity contribution >= 4 is 22.8 Å². The molecule has 39 heavy (non-hydrogen) atoms. The first-order valence-corrected chi connectivity index (χ1v) is 12.9. The summed E-state index contributed by atoms with van der Waals surface area (Å²) in [6.07, 6.45) is 5.39. The van der Waals surface area contributed by atoms with Crippen molar-refractivity contribution in [2.24, 2.45) is 0 Å². The molecule has 0 fully saturated rings. The van der Waals surface area contributed by atoms with Crippen LogP contribution >= 0.6 is 0 Å². The fourth-order valence-electron chi connectivity index (χ4n) is 4.51. The molecule has 1 aliphatic heterocycles. The fourth-order valence-corrected chi connectivity index (χ4v) is 4.51. The first kappa shape index (κ1) is 27.8. The summed E-state index contributed by atoms with van der Waals surface area (Å²) in [5.41, 5.74) is 2.24. The van der Waals surface area contributed by atoms with Crippen LogP contribution in [-0.4, -0.2) is 32.6 Å². The monoisotopic (exact) mass is 533 g/mol. The molecule has 0 radical (unpaired) electrons. The normalized spacial score (nSPS) is 11.1. The third-order valence-electron chi connectivity index (χ3n) is 6.34. The van der Waals surface area contributed by atoms with Crippen LogP contribution in [0.1, 0.15) is 59.7 Å². The van der Waals surface area contributed by atoms with Crippen molar-refractivity contribution in [2.45, 2.75) is 39.0 Å². The molecule has 0 bridgehead atoms. The molecule has 0 atom stereocenters. The van der Waals surface area contributed by atoms with E-state index in [1.165, 1.54) is 38.8 Å². The summed E-state index contributed by atoms with van der Waals surface area (Å²) in [6.45, 7) is 2.71. The Morgan fingerprint density at radius 3 is 2.46 bits per heavy atom. The van der Waals surface area contributed by atoms with Crippen molar-refractivity contribution in [3.8, 4) is 28.2 Å². The standard InChI is InChI=1S/C30H31NO8/c1-4-5-6-7-8-15-31-29(33)19-9-12-22(30(34)39-36-3)25(16-19)28-23-13-10-20(32)17-26(23)37-27-18-21(38-35-2)11-14-24(27)28/h9-14,16-18H,4-8,15H2,1-3H3,(H,31,33). The molecule has 0 unspecified atom stereocenters. The van der Waals surface area contributed by atoms with Crippen molar-refractivity contribution in [3.05, 3.63) is 75.9 Å². The lowest BCUT2D eigenvalue weighted by Crippen LogP contribution is -2.24. The lowest BCUT2D eigenvalue weighted by molar-refractivity contribution is -0.216. The van der Waals surface area contributed by atoms with Gasteiger partial charge in [-0.15, -0.1) is 0 Å². The molecule has 0 aromatic heterocycles. The predicted octanol–water partition coefficient (Wildman–Crippen LogP) is 5.92. The Labute approximate surface area is 225 Å². The SMILES string of the molecule is CCCCCCCNC(=O)c1ccc(C(=O)OOC)c(-c2c3ccc(=O)cc-3oc3cc(OOC)ccc23)c1. The van der Waals surface area contributed by atoms with Crippen molar-refractivity contribution in [2.75, 3.05) is 20.8 Å². The van der Waals surface area contributed by atoms with E-state index >= 15 is 0 Å². The highest BCUT2D eigenvalue weighted by atomic mass is 17.2. The molecule has 9 heteroatoms. The van der Waals surface area contributed by atoms with Gasteiger partial charge in [-0.05, 0) is 54.4 Å². The van der Waals surface area contributed by atoms with E-state index in [0.717, 1.165) is 25.7 Å². The van der Waals surface area contributed by atoms with Crippen LogP contribution in [0.3, 0.4) is 0 Å². The number of fused-ring (bicyclic) bond motifs is 2. The predicted molar refractivity (Wildman–Crippen MR) is 146 cm³/mol. The van der Waals surface area contributed by atoms with E-state index in [-0.39, 0.29) is 16.9 Å². The van der Waals surface area contributed by atoms with Gasteiger partial charge >= 0.3 is 5.97 Å². The van der Waals surface area contributed by atoms with Gasteiger partial charge in [-0.2, -0.15) is 9.78 Å². The molecule has 204 valence electrons. The summed E-state index contributed by atoms with van der Waals surface area (Å²) in [6, 6.07) is 14.2. The first-order chi connectivity index (χ1) is 19.0. The highest BCUT2D eigenvalue weighted by Gasteiger charge is 2.24. The third-order valence-corrected chi connectivity index (χ3v) is 6.34. The van der Waals surface area contributed by atoms with Crippen LogP contribution in [0, 0.1) is 0 Å². The minimum atomic E-state index is -0.739. The van der Waals surface area contributed by atoms with Crippen LogP contribution in [0.4, 0.5) is 0 Å². The molecule has 1 heterocycles. The van der Waals surface area contributed by atoms with Gasteiger partial charge in [0.15, 0.2) is 11.2 Å². The molecule has 0 saturated heterocycles. The fraction of sp³-hybridized carbons (Fsp3) is 0.300. The van der Waals surface area contributed by atoms with Gasteiger partial charge in [0.2, 0.25) is 0 Å². The van der Waals surface area contributed by atoms with Crippen molar-refractivity contribution in [1.29, 1.82) is 0 Å². The van der Waals surface area contributed by atoms with Crippen molar-refractivity contribution in [3.63, 3.8) is 0 Å². The summed E-state index contributed by atoms with van der Waals surface area (Å²) in [5, 5.41) is 3.58. The smallest absolute Gasteiger partial charge is 0.373 e. The number of hydrogen-bond donors (Lipinski definition) is 1. The topological polar surface area (TPSA) is 113 Å². The number of amides is 1. The number of carbonyl (C=O) groups is 2. The van der Waals surface area contributed by atoms with Gasteiger partial charge in [-0.25, -0.2) is 4.79 Å². The minimum Gasteiger partial charge on any atom is -0.456 e. The number of hydrogen-bond acceptors (Lipinski definition) is 8. The Morgan fingerprint density at radius 2 is 1.69 bits per heavy atom. The van der Waals surface area contributed by atoms with E-state index in [4.69, 9.17) is 19.1 Å². The minimum absolute atomic E-state index is 0.171. The molecule has 1 N–H and O–H groups in total. The second-order valence-corrected chi connectivity index (χ2v) is 9.01. The van der Waals surface area contributed by atoms with Crippen LogP contribution in [0.15, 0.2) is 63.8 Å². The number of nitrogens with one attached hydrogen (secondary N) is 1. The summed E-state index contributed by atoms with van der Waals surface area (Å²) < 4.78 is 6.04. The van der Waals surface area contributed by atoms with Crippen LogP contribution < -0.4 is 15.6 Å². The molecule has 9 nitrogen and oxygen atoms in total. The zero-order valence-corrected chi connectivity index (χ0v) is 22.2. The van der Waals surface area contributed by atoms with Crippen molar-refractivity contribution in [1.82, 2.24) is 5.32 Å². The van der Waals surface area contributed by atoms with E-state index in [2.05, 4.69) is 17.1 Å². The maximum absolute atomic E-state index is 13.1. The molecule has 0 saturated carbocycles. The highest BCUT2D eigenvalue weighted by molar-refractivity contribution is 6.09. The van der Waals surface area contributed by atoms with Gasteiger partial charge in [0, 0.05) is 40.8 Å². The van der Waals surface area contributed by atoms with Gasteiger partial charge in [0.25, 0.3) is 5.91 Å². The third kappa shape index (κ3) is 6.45. The Kier molecular flexibility index (Phi) is 9.30. The van der Waals surface area contributed by atoms with E-state index in [1.807, 2.05) is 0 Å².